The highest BCUT2D eigenvalue weighted by Gasteiger charge is 2.29. The Bertz CT molecular complexity index is 321. The van der Waals surface area contributed by atoms with Gasteiger partial charge in [0.05, 0.1) is 11.2 Å². The fourth-order valence-corrected chi connectivity index (χ4v) is 2.78. The van der Waals surface area contributed by atoms with E-state index in [-0.39, 0.29) is 5.54 Å². The van der Waals surface area contributed by atoms with Gasteiger partial charge >= 0.3 is 0 Å². The minimum atomic E-state index is 0.245. The summed E-state index contributed by atoms with van der Waals surface area (Å²) in [7, 11) is 0. The van der Waals surface area contributed by atoms with Crippen molar-refractivity contribution in [1.82, 2.24) is 15.2 Å². The van der Waals surface area contributed by atoms with Gasteiger partial charge in [0.15, 0.2) is 0 Å². The number of thiazole rings is 1. The van der Waals surface area contributed by atoms with E-state index >= 15 is 0 Å². The second-order valence-electron chi connectivity index (χ2n) is 5.31. The minimum absolute atomic E-state index is 0.245. The monoisotopic (exact) mass is 239 g/mol. The molecule has 1 fully saturated rings. The SMILES string of the molecule is CC1CNC(C)(C)CN1CCc1cscn1. The van der Waals surface area contributed by atoms with Gasteiger partial charge in [-0.25, -0.2) is 4.98 Å². The van der Waals surface area contributed by atoms with Gasteiger partial charge in [0.2, 0.25) is 0 Å². The second kappa shape index (κ2) is 4.82. The maximum atomic E-state index is 4.34. The van der Waals surface area contributed by atoms with E-state index in [4.69, 9.17) is 0 Å². The van der Waals surface area contributed by atoms with Crippen molar-refractivity contribution >= 4 is 11.3 Å². The first-order valence-electron chi connectivity index (χ1n) is 5.93. The molecule has 0 radical (unpaired) electrons. The van der Waals surface area contributed by atoms with Crippen molar-refractivity contribution < 1.29 is 0 Å². The average Bonchev–Trinajstić information content (AvgIpc) is 2.72. The van der Waals surface area contributed by atoms with Gasteiger partial charge in [0, 0.05) is 43.0 Å². The van der Waals surface area contributed by atoms with E-state index in [0.29, 0.717) is 6.04 Å². The molecule has 16 heavy (non-hydrogen) atoms. The van der Waals surface area contributed by atoms with E-state index in [0.717, 1.165) is 26.1 Å². The number of nitrogens with zero attached hydrogens (tertiary/aromatic N) is 2. The van der Waals surface area contributed by atoms with Crippen LogP contribution in [-0.4, -0.2) is 41.1 Å². The van der Waals surface area contributed by atoms with Crippen LogP contribution in [0.4, 0.5) is 0 Å². The third-order valence-electron chi connectivity index (χ3n) is 3.24. The van der Waals surface area contributed by atoms with Crippen molar-refractivity contribution in [3.8, 4) is 0 Å². The van der Waals surface area contributed by atoms with Crippen LogP contribution >= 0.6 is 11.3 Å². The summed E-state index contributed by atoms with van der Waals surface area (Å²) < 4.78 is 0. The molecule has 2 rings (SSSR count). The Balaban J connectivity index is 1.88. The molecule has 1 saturated heterocycles. The molecule has 2 heterocycles. The van der Waals surface area contributed by atoms with Gasteiger partial charge in [-0.05, 0) is 20.8 Å². The second-order valence-corrected chi connectivity index (χ2v) is 6.03. The summed E-state index contributed by atoms with van der Waals surface area (Å²) in [4.78, 5) is 6.90. The van der Waals surface area contributed by atoms with Crippen LogP contribution in [-0.2, 0) is 6.42 Å². The normalized spacial score (nSPS) is 25.8. The van der Waals surface area contributed by atoms with E-state index < -0.39 is 0 Å². The molecule has 1 atom stereocenters. The fourth-order valence-electron chi connectivity index (χ4n) is 2.19. The molecule has 0 aromatic carbocycles. The maximum absolute atomic E-state index is 4.34. The lowest BCUT2D eigenvalue weighted by Gasteiger charge is -2.43. The van der Waals surface area contributed by atoms with Gasteiger partial charge in [-0.15, -0.1) is 11.3 Å². The Morgan fingerprint density at radius 1 is 1.62 bits per heavy atom. The maximum Gasteiger partial charge on any atom is 0.0794 e. The molecule has 1 N–H and O–H groups in total. The predicted molar refractivity (Wildman–Crippen MR) is 68.9 cm³/mol. The molecule has 0 aliphatic carbocycles. The van der Waals surface area contributed by atoms with Crippen molar-refractivity contribution in [1.29, 1.82) is 0 Å². The highest BCUT2D eigenvalue weighted by atomic mass is 32.1. The third-order valence-corrected chi connectivity index (χ3v) is 3.87. The van der Waals surface area contributed by atoms with Crippen LogP contribution in [0.5, 0.6) is 0 Å². The van der Waals surface area contributed by atoms with Crippen LogP contribution in [0.2, 0.25) is 0 Å². The molecule has 1 aliphatic heterocycles. The van der Waals surface area contributed by atoms with E-state index in [2.05, 4.69) is 41.4 Å². The van der Waals surface area contributed by atoms with Crippen molar-refractivity contribution in [2.75, 3.05) is 19.6 Å². The van der Waals surface area contributed by atoms with Gasteiger partial charge in [-0.3, -0.25) is 4.90 Å². The predicted octanol–water partition coefficient (Wildman–Crippen LogP) is 1.76. The molecule has 3 nitrogen and oxygen atoms in total. The molecule has 0 amide bonds. The molecule has 0 spiro atoms. The highest BCUT2D eigenvalue weighted by Crippen LogP contribution is 2.15. The number of piperazine rings is 1. The lowest BCUT2D eigenvalue weighted by atomic mass is 9.99. The van der Waals surface area contributed by atoms with Crippen LogP contribution in [0.3, 0.4) is 0 Å². The van der Waals surface area contributed by atoms with Crippen molar-refractivity contribution in [2.45, 2.75) is 38.8 Å². The molecule has 0 saturated carbocycles. The first-order chi connectivity index (χ1) is 7.57. The Kier molecular flexibility index (Phi) is 3.62. The molecule has 4 heteroatoms. The summed E-state index contributed by atoms with van der Waals surface area (Å²) in [5.74, 6) is 0. The topological polar surface area (TPSA) is 28.2 Å². The molecule has 0 bridgehead atoms. The lowest BCUT2D eigenvalue weighted by Crippen LogP contribution is -2.60. The van der Waals surface area contributed by atoms with Crippen molar-refractivity contribution in [3.05, 3.63) is 16.6 Å². The largest absolute Gasteiger partial charge is 0.309 e. The summed E-state index contributed by atoms with van der Waals surface area (Å²) in [5.41, 5.74) is 3.39. The van der Waals surface area contributed by atoms with Gasteiger partial charge in [-0.1, -0.05) is 0 Å². The number of aromatic nitrogens is 1. The van der Waals surface area contributed by atoms with Crippen LogP contribution in [0, 0.1) is 0 Å². The molecule has 1 aromatic rings. The zero-order chi connectivity index (χ0) is 11.6. The lowest BCUT2D eigenvalue weighted by molar-refractivity contribution is 0.106. The number of nitrogens with one attached hydrogen (secondary N) is 1. The summed E-state index contributed by atoms with van der Waals surface area (Å²) >= 11 is 1.68. The average molecular weight is 239 g/mol. The Labute approximate surface area is 102 Å². The van der Waals surface area contributed by atoms with Crippen molar-refractivity contribution in [3.63, 3.8) is 0 Å². The highest BCUT2D eigenvalue weighted by molar-refractivity contribution is 7.07. The zero-order valence-corrected chi connectivity index (χ0v) is 11.2. The third kappa shape index (κ3) is 3.03. The molecule has 1 aromatic heterocycles. The van der Waals surface area contributed by atoms with Gasteiger partial charge < -0.3 is 5.32 Å². The molecule has 1 unspecified atom stereocenters. The van der Waals surface area contributed by atoms with Crippen molar-refractivity contribution in [2.24, 2.45) is 0 Å². The Morgan fingerprint density at radius 2 is 2.44 bits per heavy atom. The number of hydrogen-bond donors (Lipinski definition) is 1. The summed E-state index contributed by atoms with van der Waals surface area (Å²) in [6, 6.07) is 0.631. The molecular formula is C12H21N3S. The van der Waals surface area contributed by atoms with Gasteiger partial charge in [-0.2, -0.15) is 0 Å². The van der Waals surface area contributed by atoms with E-state index in [9.17, 15) is 0 Å². The molecular weight excluding hydrogens is 218 g/mol. The van der Waals surface area contributed by atoms with Gasteiger partial charge in [0.1, 0.15) is 0 Å². The summed E-state index contributed by atoms with van der Waals surface area (Å²) in [5, 5.41) is 5.73. The number of hydrogen-bond acceptors (Lipinski definition) is 4. The van der Waals surface area contributed by atoms with Crippen LogP contribution in [0.25, 0.3) is 0 Å². The van der Waals surface area contributed by atoms with E-state index in [1.54, 1.807) is 11.3 Å². The first kappa shape index (κ1) is 12.0. The fraction of sp³-hybridized carbons (Fsp3) is 0.750. The van der Waals surface area contributed by atoms with Gasteiger partial charge in [0.25, 0.3) is 0 Å². The zero-order valence-electron chi connectivity index (χ0n) is 10.4. The van der Waals surface area contributed by atoms with Crippen LogP contribution < -0.4 is 5.32 Å². The minimum Gasteiger partial charge on any atom is -0.309 e. The summed E-state index contributed by atoms with van der Waals surface area (Å²) in [6.07, 6.45) is 1.07. The van der Waals surface area contributed by atoms with E-state index in [1.807, 2.05) is 5.51 Å². The number of rotatable bonds is 3. The smallest absolute Gasteiger partial charge is 0.0794 e. The Hall–Kier alpha value is -0.450. The first-order valence-corrected chi connectivity index (χ1v) is 6.87. The quantitative estimate of drug-likeness (QED) is 0.871. The van der Waals surface area contributed by atoms with Crippen LogP contribution in [0.1, 0.15) is 26.5 Å². The van der Waals surface area contributed by atoms with E-state index in [1.165, 1.54) is 5.69 Å². The molecule has 90 valence electrons. The van der Waals surface area contributed by atoms with Crippen LogP contribution in [0.15, 0.2) is 10.9 Å². The summed E-state index contributed by atoms with van der Waals surface area (Å²) in [6.45, 7) is 10.2. The Morgan fingerprint density at radius 3 is 3.12 bits per heavy atom. The molecule has 1 aliphatic rings. The standard InChI is InChI=1S/C12H21N3S/c1-10-6-14-12(2,3)8-15(10)5-4-11-7-16-9-13-11/h7,9-10,14H,4-6,8H2,1-3H3.